The zero-order chi connectivity index (χ0) is 27.7. The lowest BCUT2D eigenvalue weighted by Crippen LogP contribution is -2.46. The largest absolute Gasteiger partial charge is 0.328 e. The third-order valence-corrected chi connectivity index (χ3v) is 7.32. The smallest absolute Gasteiger partial charge is 0.155 e. The predicted molar refractivity (Wildman–Crippen MR) is 152 cm³/mol. The predicted octanol–water partition coefficient (Wildman–Crippen LogP) is 4.59. The monoisotopic (exact) mass is 508 g/mol. The van der Waals surface area contributed by atoms with Gasteiger partial charge in [-0.05, 0) is 50.7 Å². The molecule has 0 atom stereocenters. The van der Waals surface area contributed by atoms with E-state index < -0.39 is 0 Å². The van der Waals surface area contributed by atoms with Crippen molar-refractivity contribution >= 4 is 17.3 Å². The average Bonchev–Trinajstić information content (AvgIpc) is 2.80. The fourth-order valence-corrected chi connectivity index (χ4v) is 4.56. The van der Waals surface area contributed by atoms with E-state index in [4.69, 9.17) is 0 Å². The summed E-state index contributed by atoms with van der Waals surface area (Å²) in [6, 6.07) is 0. The molecule has 0 rings (SSSR count). The van der Waals surface area contributed by atoms with Crippen LogP contribution in [0.5, 0.6) is 0 Å². The Labute approximate surface area is 222 Å². The molecule has 6 nitrogen and oxygen atoms in total. The van der Waals surface area contributed by atoms with Crippen molar-refractivity contribution in [2.24, 2.45) is 0 Å². The molecule has 0 heterocycles. The SMILES string of the molecule is C=CC(=O)CCCC[N+](C)(C)CCC[N+](C)(C)CCCCC(=O)CC[N+](C)(C)CCCCC(=O)C=C. The van der Waals surface area contributed by atoms with Gasteiger partial charge in [0.25, 0.3) is 0 Å². The van der Waals surface area contributed by atoms with E-state index in [0.717, 1.165) is 91.2 Å². The molecule has 0 aliphatic carbocycles. The second-order valence-electron chi connectivity index (χ2n) is 12.5. The molecule has 0 aromatic heterocycles. The van der Waals surface area contributed by atoms with E-state index in [2.05, 4.69) is 55.4 Å². The molecule has 0 saturated heterocycles. The Balaban J connectivity index is 4.02. The first-order chi connectivity index (χ1) is 16.7. The average molecular weight is 509 g/mol. The molecule has 0 saturated carbocycles. The van der Waals surface area contributed by atoms with Crippen LogP contribution in [0.4, 0.5) is 0 Å². The van der Waals surface area contributed by atoms with Crippen molar-refractivity contribution in [2.75, 3.05) is 81.6 Å². The van der Waals surface area contributed by atoms with Crippen molar-refractivity contribution < 1.29 is 27.8 Å². The zero-order valence-electron chi connectivity index (χ0n) is 24.7. The first-order valence-corrected chi connectivity index (χ1v) is 14.0. The van der Waals surface area contributed by atoms with Gasteiger partial charge in [-0.25, -0.2) is 0 Å². The summed E-state index contributed by atoms with van der Waals surface area (Å²) in [7, 11) is 13.5. The Hall–Kier alpha value is -1.63. The Bertz CT molecular complexity index is 696. The van der Waals surface area contributed by atoms with Crippen LogP contribution < -0.4 is 0 Å². The maximum atomic E-state index is 12.4. The van der Waals surface area contributed by atoms with Crippen LogP contribution in [0.1, 0.15) is 70.6 Å². The number of carbonyl (C=O) groups excluding carboxylic acids is 3. The quantitative estimate of drug-likeness (QED) is 0.109. The van der Waals surface area contributed by atoms with E-state index in [1.807, 2.05) is 0 Å². The van der Waals surface area contributed by atoms with Gasteiger partial charge < -0.3 is 13.4 Å². The topological polar surface area (TPSA) is 51.2 Å². The number of nitrogens with zero attached hydrogens (tertiary/aromatic N) is 3. The summed E-state index contributed by atoms with van der Waals surface area (Å²) in [6.45, 7) is 13.4. The number of Topliss-reactive ketones (excluding diaryl/α,β-unsaturated/α-hetero) is 1. The number of rotatable bonds is 24. The molecule has 36 heavy (non-hydrogen) atoms. The van der Waals surface area contributed by atoms with Crippen LogP contribution in [-0.4, -0.2) is 112 Å². The molecule has 208 valence electrons. The fourth-order valence-electron chi connectivity index (χ4n) is 4.56. The molecule has 0 aliphatic rings. The van der Waals surface area contributed by atoms with Gasteiger partial charge in [0.05, 0.1) is 88.0 Å². The van der Waals surface area contributed by atoms with Crippen molar-refractivity contribution in [1.82, 2.24) is 0 Å². The first-order valence-electron chi connectivity index (χ1n) is 14.0. The number of allylic oxidation sites excluding steroid dienone is 2. The number of quaternary nitrogens is 3. The molecular formula is C30H58N3O3+3. The highest BCUT2D eigenvalue weighted by Crippen LogP contribution is 2.11. The molecule has 0 amide bonds. The third kappa shape index (κ3) is 19.5. The van der Waals surface area contributed by atoms with Gasteiger partial charge in [-0.1, -0.05) is 13.2 Å². The molecule has 0 fully saturated rings. The summed E-state index contributed by atoms with van der Waals surface area (Å²) in [6.07, 6.45) is 12.5. The van der Waals surface area contributed by atoms with Gasteiger partial charge in [-0.15, -0.1) is 0 Å². The Morgan fingerprint density at radius 2 is 0.806 bits per heavy atom. The Morgan fingerprint density at radius 1 is 0.472 bits per heavy atom. The molecule has 0 bridgehead atoms. The van der Waals surface area contributed by atoms with Crippen LogP contribution in [0, 0.1) is 0 Å². The summed E-state index contributed by atoms with van der Waals surface area (Å²) < 4.78 is 2.83. The molecule has 0 spiro atoms. The normalized spacial score (nSPS) is 12.4. The number of unbranched alkanes of at least 4 members (excludes halogenated alkanes) is 3. The van der Waals surface area contributed by atoms with E-state index in [1.165, 1.54) is 18.6 Å². The highest BCUT2D eigenvalue weighted by Gasteiger charge is 2.20. The van der Waals surface area contributed by atoms with E-state index >= 15 is 0 Å². The molecule has 0 radical (unpaired) electrons. The van der Waals surface area contributed by atoms with E-state index in [1.54, 1.807) is 0 Å². The lowest BCUT2D eigenvalue weighted by molar-refractivity contribution is -0.909. The first kappa shape index (κ1) is 34.4. The van der Waals surface area contributed by atoms with E-state index in [9.17, 15) is 14.4 Å². The summed E-state index contributed by atoms with van der Waals surface area (Å²) in [4.78, 5) is 35.1. The zero-order valence-corrected chi connectivity index (χ0v) is 24.7. The summed E-state index contributed by atoms with van der Waals surface area (Å²) in [5.74, 6) is 0.641. The lowest BCUT2D eigenvalue weighted by atomic mass is 10.1. The molecule has 0 N–H and O–H groups in total. The van der Waals surface area contributed by atoms with Crippen molar-refractivity contribution in [3.63, 3.8) is 0 Å². The van der Waals surface area contributed by atoms with Gasteiger partial charge in [-0.3, -0.25) is 14.4 Å². The minimum absolute atomic E-state index is 0.116. The third-order valence-electron chi connectivity index (χ3n) is 7.32. The minimum Gasteiger partial charge on any atom is -0.328 e. The van der Waals surface area contributed by atoms with Gasteiger partial charge in [0.2, 0.25) is 0 Å². The molecule has 0 aliphatic heterocycles. The highest BCUT2D eigenvalue weighted by molar-refractivity contribution is 5.89. The summed E-state index contributed by atoms with van der Waals surface area (Å²) in [5.41, 5.74) is 0. The fraction of sp³-hybridized carbons (Fsp3) is 0.767. The van der Waals surface area contributed by atoms with Crippen molar-refractivity contribution in [3.8, 4) is 0 Å². The second-order valence-corrected chi connectivity index (χ2v) is 12.5. The Kier molecular flexibility index (Phi) is 17.0. The number of hydrogen-bond donors (Lipinski definition) is 0. The number of carbonyl (C=O) groups is 3. The van der Waals surface area contributed by atoms with Gasteiger partial charge in [0.15, 0.2) is 11.6 Å². The van der Waals surface area contributed by atoms with E-state index in [0.29, 0.717) is 31.5 Å². The second kappa shape index (κ2) is 17.8. The molecule has 6 heteroatoms. The van der Waals surface area contributed by atoms with Crippen LogP contribution in [0.3, 0.4) is 0 Å². The molecule has 0 aromatic rings. The van der Waals surface area contributed by atoms with Gasteiger partial charge in [0, 0.05) is 25.7 Å². The van der Waals surface area contributed by atoms with Crippen molar-refractivity contribution in [2.45, 2.75) is 70.6 Å². The van der Waals surface area contributed by atoms with Crippen LogP contribution >= 0.6 is 0 Å². The molecular weight excluding hydrogens is 450 g/mol. The lowest BCUT2D eigenvalue weighted by Gasteiger charge is -2.33. The van der Waals surface area contributed by atoms with Crippen LogP contribution in [0.15, 0.2) is 25.3 Å². The minimum atomic E-state index is 0.116. The van der Waals surface area contributed by atoms with Crippen molar-refractivity contribution in [3.05, 3.63) is 25.3 Å². The summed E-state index contributed by atoms with van der Waals surface area (Å²) >= 11 is 0. The van der Waals surface area contributed by atoms with Crippen LogP contribution in [0.2, 0.25) is 0 Å². The maximum absolute atomic E-state index is 12.4. The van der Waals surface area contributed by atoms with Crippen LogP contribution in [-0.2, 0) is 14.4 Å². The van der Waals surface area contributed by atoms with Gasteiger partial charge >= 0.3 is 0 Å². The number of ketones is 3. The molecule has 0 unspecified atom stereocenters. The highest BCUT2D eigenvalue weighted by atomic mass is 16.1. The van der Waals surface area contributed by atoms with Gasteiger partial charge in [-0.2, -0.15) is 0 Å². The van der Waals surface area contributed by atoms with Gasteiger partial charge in [0.1, 0.15) is 5.78 Å². The van der Waals surface area contributed by atoms with Crippen molar-refractivity contribution in [1.29, 1.82) is 0 Å². The Morgan fingerprint density at radius 3 is 1.19 bits per heavy atom. The standard InChI is InChI=1S/C30H58N3O3/c1-9-28(34)18-11-14-22-31(3,4)25-17-26-32(5,6)23-16-13-20-30(36)21-27-33(7,8)24-15-12-19-29(35)10-2/h9-10H,1-2,11-27H2,3-8H3/q+3. The maximum Gasteiger partial charge on any atom is 0.155 e. The molecule has 0 aromatic carbocycles. The summed E-state index contributed by atoms with van der Waals surface area (Å²) in [5, 5.41) is 0. The van der Waals surface area contributed by atoms with E-state index in [-0.39, 0.29) is 11.6 Å². The van der Waals surface area contributed by atoms with Crippen LogP contribution in [0.25, 0.3) is 0 Å². The number of hydrogen-bond acceptors (Lipinski definition) is 3.